The number of hydrogen-bond acceptors (Lipinski definition) is 7. The number of thiazole rings is 2. The largest absolute Gasteiger partial charge is 0.464 e. The van der Waals surface area contributed by atoms with Crippen LogP contribution in [0.25, 0.3) is 0 Å². The Morgan fingerprint density at radius 1 is 1.53 bits per heavy atom. The number of hydrogen-bond donors (Lipinski definition) is 1. The number of carbonyl (C=O) groups excluding carboxylic acids is 1. The van der Waals surface area contributed by atoms with Gasteiger partial charge in [0.1, 0.15) is 5.01 Å². The van der Waals surface area contributed by atoms with Gasteiger partial charge in [0, 0.05) is 17.0 Å². The number of methoxy groups -OCH3 is 1. The van der Waals surface area contributed by atoms with Gasteiger partial charge in [-0.15, -0.1) is 22.7 Å². The summed E-state index contributed by atoms with van der Waals surface area (Å²) in [5.41, 5.74) is 0.325. The van der Waals surface area contributed by atoms with Crippen LogP contribution in [0.1, 0.15) is 28.5 Å². The topological polar surface area (TPSA) is 64.1 Å². The fourth-order valence-corrected chi connectivity index (χ4v) is 2.65. The van der Waals surface area contributed by atoms with E-state index in [1.54, 1.807) is 22.9 Å². The molecule has 17 heavy (non-hydrogen) atoms. The molecule has 0 aliphatic heterocycles. The van der Waals surface area contributed by atoms with Crippen LogP contribution in [-0.2, 0) is 4.74 Å². The molecule has 0 spiro atoms. The molecule has 2 aromatic rings. The van der Waals surface area contributed by atoms with Crippen LogP contribution < -0.4 is 5.32 Å². The number of rotatable bonds is 4. The normalized spacial score (nSPS) is 12.1. The van der Waals surface area contributed by atoms with Gasteiger partial charge < -0.3 is 10.1 Å². The first kappa shape index (κ1) is 12.0. The maximum Gasteiger partial charge on any atom is 0.357 e. The molecule has 5 nitrogen and oxygen atoms in total. The van der Waals surface area contributed by atoms with Gasteiger partial charge in [-0.1, -0.05) is 0 Å². The van der Waals surface area contributed by atoms with E-state index >= 15 is 0 Å². The Hall–Kier alpha value is -1.47. The maximum absolute atomic E-state index is 11.2. The highest BCUT2D eigenvalue weighted by Crippen LogP contribution is 2.23. The summed E-state index contributed by atoms with van der Waals surface area (Å²) in [5.74, 6) is -0.420. The molecule has 2 heterocycles. The van der Waals surface area contributed by atoms with E-state index in [-0.39, 0.29) is 6.04 Å². The molecule has 0 fully saturated rings. The van der Waals surface area contributed by atoms with Crippen LogP contribution >= 0.6 is 22.7 Å². The number of nitrogens with zero attached hydrogens (tertiary/aromatic N) is 2. The van der Waals surface area contributed by atoms with E-state index in [1.165, 1.54) is 18.4 Å². The molecule has 0 saturated carbocycles. The van der Waals surface area contributed by atoms with E-state index < -0.39 is 5.97 Å². The smallest absolute Gasteiger partial charge is 0.357 e. The van der Waals surface area contributed by atoms with Crippen molar-refractivity contribution in [3.05, 3.63) is 27.7 Å². The van der Waals surface area contributed by atoms with Crippen LogP contribution in [0.4, 0.5) is 5.13 Å². The van der Waals surface area contributed by atoms with Crippen molar-refractivity contribution < 1.29 is 9.53 Å². The molecule has 90 valence electrons. The van der Waals surface area contributed by atoms with E-state index in [0.29, 0.717) is 10.8 Å². The molecule has 0 aliphatic carbocycles. The predicted octanol–water partition coefficient (Wildman–Crippen LogP) is 2.56. The highest BCUT2D eigenvalue weighted by molar-refractivity contribution is 7.14. The van der Waals surface area contributed by atoms with Gasteiger partial charge in [-0.2, -0.15) is 0 Å². The molecule has 1 atom stereocenters. The Labute approximate surface area is 106 Å². The fourth-order valence-electron chi connectivity index (χ4n) is 1.23. The molecule has 0 amide bonds. The minimum absolute atomic E-state index is 0.0756. The van der Waals surface area contributed by atoms with Crippen LogP contribution in [0.2, 0.25) is 0 Å². The number of aromatic nitrogens is 2. The van der Waals surface area contributed by atoms with E-state index in [9.17, 15) is 4.79 Å². The summed E-state index contributed by atoms with van der Waals surface area (Å²) >= 11 is 2.95. The molecule has 0 bridgehead atoms. The van der Waals surface area contributed by atoms with Gasteiger partial charge in [0.25, 0.3) is 0 Å². The number of ether oxygens (including phenoxy) is 1. The molecule has 0 aromatic carbocycles. The zero-order chi connectivity index (χ0) is 12.3. The fraction of sp³-hybridized carbons (Fsp3) is 0.300. The Kier molecular flexibility index (Phi) is 3.70. The zero-order valence-electron chi connectivity index (χ0n) is 9.34. The third-order valence-corrected chi connectivity index (χ3v) is 3.79. The lowest BCUT2D eigenvalue weighted by Crippen LogP contribution is -2.07. The van der Waals surface area contributed by atoms with Crippen LogP contribution in [0.3, 0.4) is 0 Å². The summed E-state index contributed by atoms with van der Waals surface area (Å²) in [6.45, 7) is 2.00. The second-order valence-corrected chi connectivity index (χ2v) is 5.05. The Morgan fingerprint density at radius 2 is 2.35 bits per heavy atom. The molecular weight excluding hydrogens is 258 g/mol. The second-order valence-electron chi connectivity index (χ2n) is 3.27. The lowest BCUT2D eigenvalue weighted by molar-refractivity contribution is 0.0595. The van der Waals surface area contributed by atoms with Gasteiger partial charge in [-0.05, 0) is 6.92 Å². The summed E-state index contributed by atoms with van der Waals surface area (Å²) in [6.07, 6.45) is 1.76. The van der Waals surface area contributed by atoms with Crippen molar-refractivity contribution in [2.24, 2.45) is 0 Å². The summed E-state index contributed by atoms with van der Waals surface area (Å²) < 4.78 is 4.59. The van der Waals surface area contributed by atoms with Gasteiger partial charge in [0.2, 0.25) is 0 Å². The quantitative estimate of drug-likeness (QED) is 0.864. The molecule has 0 saturated heterocycles. The number of carbonyl (C=O) groups is 1. The van der Waals surface area contributed by atoms with Crippen LogP contribution in [-0.4, -0.2) is 23.0 Å². The molecule has 0 radical (unpaired) electrons. The van der Waals surface area contributed by atoms with Gasteiger partial charge in [0.15, 0.2) is 10.8 Å². The van der Waals surface area contributed by atoms with Crippen molar-refractivity contribution >= 4 is 33.8 Å². The first-order chi connectivity index (χ1) is 8.20. The van der Waals surface area contributed by atoms with Crippen LogP contribution in [0.15, 0.2) is 17.0 Å². The molecule has 0 aliphatic rings. The SMILES string of the molecule is COC(=O)c1csc(NC(C)c2nccs2)n1. The molecule has 1 N–H and O–H groups in total. The highest BCUT2D eigenvalue weighted by Gasteiger charge is 2.13. The van der Waals surface area contributed by atoms with Crippen molar-refractivity contribution in [1.82, 2.24) is 9.97 Å². The lowest BCUT2D eigenvalue weighted by atomic mass is 10.4. The zero-order valence-corrected chi connectivity index (χ0v) is 11.0. The van der Waals surface area contributed by atoms with Crippen molar-refractivity contribution in [3.8, 4) is 0 Å². The number of nitrogens with one attached hydrogen (secondary N) is 1. The first-order valence-electron chi connectivity index (χ1n) is 4.90. The summed E-state index contributed by atoms with van der Waals surface area (Å²) in [4.78, 5) is 19.6. The second kappa shape index (κ2) is 5.24. The van der Waals surface area contributed by atoms with E-state index in [4.69, 9.17) is 0 Å². The van der Waals surface area contributed by atoms with Gasteiger partial charge in [0.05, 0.1) is 13.2 Å². The highest BCUT2D eigenvalue weighted by atomic mass is 32.1. The third-order valence-electron chi connectivity index (χ3n) is 2.06. The average Bonchev–Trinajstić information content (AvgIpc) is 2.98. The minimum atomic E-state index is -0.420. The molecule has 2 rings (SSSR count). The van der Waals surface area contributed by atoms with Crippen LogP contribution in [0.5, 0.6) is 0 Å². The standard InChI is InChI=1S/C10H11N3O2S2/c1-6(8-11-3-4-16-8)12-10-13-7(5-17-10)9(14)15-2/h3-6H,1-2H3,(H,12,13). The van der Waals surface area contributed by atoms with Crippen LogP contribution in [0, 0.1) is 0 Å². The maximum atomic E-state index is 11.2. The first-order valence-corrected chi connectivity index (χ1v) is 6.66. The predicted molar refractivity (Wildman–Crippen MR) is 67.6 cm³/mol. The van der Waals surface area contributed by atoms with Gasteiger partial charge in [-0.25, -0.2) is 14.8 Å². The van der Waals surface area contributed by atoms with Gasteiger partial charge >= 0.3 is 5.97 Å². The van der Waals surface area contributed by atoms with Crippen molar-refractivity contribution in [2.75, 3.05) is 12.4 Å². The Bertz CT molecular complexity index is 495. The molecular formula is C10H11N3O2S2. The number of anilines is 1. The summed E-state index contributed by atoms with van der Waals surface area (Å²) in [7, 11) is 1.34. The summed E-state index contributed by atoms with van der Waals surface area (Å²) in [5, 5.41) is 8.46. The number of esters is 1. The Balaban J connectivity index is 2.04. The van der Waals surface area contributed by atoms with Crippen molar-refractivity contribution in [3.63, 3.8) is 0 Å². The molecule has 1 unspecified atom stereocenters. The van der Waals surface area contributed by atoms with Gasteiger partial charge in [-0.3, -0.25) is 0 Å². The monoisotopic (exact) mass is 269 g/mol. The third kappa shape index (κ3) is 2.80. The van der Waals surface area contributed by atoms with Crippen molar-refractivity contribution in [1.29, 1.82) is 0 Å². The molecule has 7 heteroatoms. The lowest BCUT2D eigenvalue weighted by Gasteiger charge is -2.08. The molecule has 2 aromatic heterocycles. The van der Waals surface area contributed by atoms with E-state index in [2.05, 4.69) is 20.0 Å². The van der Waals surface area contributed by atoms with E-state index in [1.807, 2.05) is 12.3 Å². The average molecular weight is 269 g/mol. The minimum Gasteiger partial charge on any atom is -0.464 e. The summed E-state index contributed by atoms with van der Waals surface area (Å²) in [6, 6.07) is 0.0756. The van der Waals surface area contributed by atoms with Crippen molar-refractivity contribution in [2.45, 2.75) is 13.0 Å². The van der Waals surface area contributed by atoms with E-state index in [0.717, 1.165) is 5.01 Å². The Morgan fingerprint density at radius 3 is 3.00 bits per heavy atom.